The zero-order valence-corrected chi connectivity index (χ0v) is 18.6. The molecule has 31 heavy (non-hydrogen) atoms. The first-order chi connectivity index (χ1) is 15.0. The number of ether oxygens (including phenoxy) is 2. The molecule has 0 amide bonds. The molecule has 5 nitrogen and oxygen atoms in total. The van der Waals surface area contributed by atoms with Crippen LogP contribution in [0.5, 0.6) is 11.5 Å². The minimum absolute atomic E-state index is 0.0248. The Balaban J connectivity index is 1.49. The number of aromatic hydroxyl groups is 1. The van der Waals surface area contributed by atoms with Gasteiger partial charge in [0.2, 0.25) is 0 Å². The normalized spacial score (nSPS) is 44.5. The first-order valence-electron chi connectivity index (χ1n) is 12.3. The first-order valence-corrected chi connectivity index (χ1v) is 12.3. The topological polar surface area (TPSA) is 59.0 Å². The van der Waals surface area contributed by atoms with Gasteiger partial charge in [0.05, 0.1) is 6.10 Å². The first kappa shape index (κ1) is 18.9. The molecule has 1 N–H and O–H groups in total. The Bertz CT molecular complexity index is 972. The number of nitrogens with zero attached hydrogens (tertiary/aromatic N) is 1. The van der Waals surface area contributed by atoms with Gasteiger partial charge in [-0.05, 0) is 81.9 Å². The van der Waals surface area contributed by atoms with Crippen LogP contribution in [0.1, 0.15) is 56.6 Å². The largest absolute Gasteiger partial charge is 0.504 e. The number of phenols is 1. The van der Waals surface area contributed by atoms with E-state index >= 15 is 0 Å². The lowest BCUT2D eigenvalue weighted by Crippen LogP contribution is -2.70. The Morgan fingerprint density at radius 3 is 2.87 bits per heavy atom. The van der Waals surface area contributed by atoms with Crippen molar-refractivity contribution in [1.29, 1.82) is 0 Å². The van der Waals surface area contributed by atoms with Crippen LogP contribution >= 0.6 is 0 Å². The minimum atomic E-state index is -0.154. The highest BCUT2D eigenvalue weighted by Crippen LogP contribution is 2.73. The molecular formula is C26H33NO4. The summed E-state index contributed by atoms with van der Waals surface area (Å²) in [7, 11) is 1.79. The maximum absolute atomic E-state index is 12.9. The fraction of sp³-hybridized carbons (Fsp3) is 0.731. The van der Waals surface area contributed by atoms with E-state index in [1.165, 1.54) is 30.5 Å². The number of piperidine rings is 1. The van der Waals surface area contributed by atoms with Gasteiger partial charge in [0.1, 0.15) is 11.9 Å². The predicted octanol–water partition coefficient (Wildman–Crippen LogP) is 3.45. The van der Waals surface area contributed by atoms with E-state index in [2.05, 4.69) is 11.0 Å². The van der Waals surface area contributed by atoms with E-state index in [1.54, 1.807) is 14.0 Å². The summed E-state index contributed by atoms with van der Waals surface area (Å²) < 4.78 is 12.9. The van der Waals surface area contributed by atoms with Gasteiger partial charge >= 0.3 is 0 Å². The molecule has 7 atom stereocenters. The van der Waals surface area contributed by atoms with E-state index in [9.17, 15) is 9.90 Å². The Labute approximate surface area is 184 Å². The molecule has 2 spiro atoms. The molecule has 2 heterocycles. The Morgan fingerprint density at radius 2 is 2.13 bits per heavy atom. The number of carbonyl (C=O) groups excluding carboxylic acids is 1. The fourth-order valence-electron chi connectivity index (χ4n) is 9.00. The van der Waals surface area contributed by atoms with Crippen LogP contribution < -0.4 is 4.74 Å². The van der Waals surface area contributed by atoms with Gasteiger partial charge in [0.25, 0.3) is 0 Å². The molecule has 5 fully saturated rings. The van der Waals surface area contributed by atoms with E-state index in [-0.39, 0.29) is 40.6 Å². The summed E-state index contributed by atoms with van der Waals surface area (Å²) >= 11 is 0. The number of rotatable bonds is 4. The monoisotopic (exact) mass is 423 g/mol. The lowest BCUT2D eigenvalue weighted by molar-refractivity contribution is -0.134. The van der Waals surface area contributed by atoms with Crippen LogP contribution in [-0.2, 0) is 21.4 Å². The Hall–Kier alpha value is -1.59. The van der Waals surface area contributed by atoms with Crippen molar-refractivity contribution in [3.63, 3.8) is 0 Å². The van der Waals surface area contributed by atoms with E-state index in [1.807, 2.05) is 6.07 Å². The van der Waals surface area contributed by atoms with Gasteiger partial charge in [-0.25, -0.2) is 0 Å². The molecule has 0 aromatic heterocycles. The van der Waals surface area contributed by atoms with Crippen LogP contribution in [0.2, 0.25) is 0 Å². The molecule has 5 heteroatoms. The molecule has 166 valence electrons. The zero-order valence-electron chi connectivity index (χ0n) is 18.6. The highest BCUT2D eigenvalue weighted by Gasteiger charge is 2.75. The van der Waals surface area contributed by atoms with Crippen molar-refractivity contribution >= 4 is 5.78 Å². The summed E-state index contributed by atoms with van der Waals surface area (Å²) in [6, 6.07) is 4.42. The third-order valence-corrected chi connectivity index (χ3v) is 10.3. The number of fused-ring (bicyclic) bond motifs is 2. The Kier molecular flexibility index (Phi) is 3.69. The van der Waals surface area contributed by atoms with Crippen molar-refractivity contribution in [3.8, 4) is 11.5 Å². The number of carbonyl (C=O) groups is 1. The second-order valence-corrected chi connectivity index (χ2v) is 11.3. The molecule has 1 aromatic carbocycles. The summed E-state index contributed by atoms with van der Waals surface area (Å²) in [5.41, 5.74) is 2.49. The molecule has 8 rings (SSSR count). The second kappa shape index (κ2) is 6.05. The molecule has 1 unspecified atom stereocenters. The molecule has 2 aliphatic heterocycles. The maximum Gasteiger partial charge on any atom is 0.165 e. The van der Waals surface area contributed by atoms with E-state index in [0.717, 1.165) is 44.6 Å². The number of hydrogen-bond donors (Lipinski definition) is 1. The predicted molar refractivity (Wildman–Crippen MR) is 115 cm³/mol. The number of methoxy groups -OCH3 is 1. The average Bonchev–Trinajstić information content (AvgIpc) is 3.53. The van der Waals surface area contributed by atoms with Crippen LogP contribution in [0.4, 0.5) is 0 Å². The molecule has 1 aromatic rings. The van der Waals surface area contributed by atoms with Crippen molar-refractivity contribution in [2.45, 2.75) is 75.5 Å². The molecule has 0 radical (unpaired) electrons. The van der Waals surface area contributed by atoms with Gasteiger partial charge in [-0.1, -0.05) is 6.07 Å². The quantitative estimate of drug-likeness (QED) is 0.804. The summed E-state index contributed by atoms with van der Waals surface area (Å²) in [4.78, 5) is 15.7. The lowest BCUT2D eigenvalue weighted by atomic mass is 9.44. The maximum atomic E-state index is 12.9. The Morgan fingerprint density at radius 1 is 1.29 bits per heavy atom. The molecule has 7 aliphatic rings. The summed E-state index contributed by atoms with van der Waals surface area (Å²) in [6.45, 7) is 4.08. The summed E-state index contributed by atoms with van der Waals surface area (Å²) in [5, 5.41) is 10.8. The number of benzene rings is 1. The van der Waals surface area contributed by atoms with Crippen molar-refractivity contribution in [2.24, 2.45) is 23.2 Å². The number of phenolic OH excluding ortho intramolecular Hbond substituents is 1. The molecule has 4 saturated carbocycles. The van der Waals surface area contributed by atoms with Gasteiger partial charge in [-0.15, -0.1) is 0 Å². The lowest BCUT2D eigenvalue weighted by Gasteiger charge is -2.64. The smallest absolute Gasteiger partial charge is 0.165 e. The molecule has 5 aliphatic carbocycles. The van der Waals surface area contributed by atoms with Crippen LogP contribution in [0.25, 0.3) is 0 Å². The molecule has 4 bridgehead atoms. The average molecular weight is 424 g/mol. The van der Waals surface area contributed by atoms with E-state index in [0.29, 0.717) is 17.6 Å². The van der Waals surface area contributed by atoms with Crippen LogP contribution in [0.3, 0.4) is 0 Å². The zero-order chi connectivity index (χ0) is 21.1. The van der Waals surface area contributed by atoms with Gasteiger partial charge in [-0.3, -0.25) is 9.69 Å². The van der Waals surface area contributed by atoms with Gasteiger partial charge in [0.15, 0.2) is 11.5 Å². The summed E-state index contributed by atoms with van der Waals surface area (Å²) in [5.74, 6) is 2.41. The second-order valence-electron chi connectivity index (χ2n) is 11.3. The number of Topliss-reactive ketones (excluding diaryl/α,β-unsaturated/α-hetero) is 1. The van der Waals surface area contributed by atoms with Crippen molar-refractivity contribution < 1.29 is 19.4 Å². The van der Waals surface area contributed by atoms with Crippen LogP contribution in [-0.4, -0.2) is 54.2 Å². The van der Waals surface area contributed by atoms with E-state index in [4.69, 9.17) is 9.47 Å². The fourth-order valence-corrected chi connectivity index (χ4v) is 9.00. The molecular weight excluding hydrogens is 390 g/mol. The van der Waals surface area contributed by atoms with Crippen molar-refractivity contribution in [3.05, 3.63) is 23.3 Å². The van der Waals surface area contributed by atoms with Gasteiger partial charge in [0, 0.05) is 42.0 Å². The number of likely N-dealkylation sites (tertiary alicyclic amines) is 1. The van der Waals surface area contributed by atoms with Crippen LogP contribution in [0, 0.1) is 23.2 Å². The van der Waals surface area contributed by atoms with Crippen molar-refractivity contribution in [2.75, 3.05) is 20.2 Å². The minimum Gasteiger partial charge on any atom is -0.504 e. The third kappa shape index (κ3) is 2.13. The van der Waals surface area contributed by atoms with Crippen molar-refractivity contribution in [1.82, 2.24) is 4.90 Å². The summed E-state index contributed by atoms with van der Waals surface area (Å²) in [6.07, 6.45) is 7.71. The number of hydrogen-bond acceptors (Lipinski definition) is 5. The standard InChI is InChI=1S/C26H33NO4/c1-14(28)18-12-25-8-7-17(18)22(30-2)24-26(25)9-10-27(13-15-3-4-15)20(25)11-16-5-6-19(29)23(31-24)21(16)26/h5-6,15,17-18,20,22,24,29H,3-4,7-13H2,1-2H3/t17-,18-,20-,22?,24+,25-,26+/m1/s1. The highest BCUT2D eigenvalue weighted by atomic mass is 16.5. The van der Waals surface area contributed by atoms with Gasteiger partial charge in [-0.2, -0.15) is 0 Å². The van der Waals surface area contributed by atoms with Crippen LogP contribution in [0.15, 0.2) is 12.1 Å². The highest BCUT2D eigenvalue weighted by molar-refractivity contribution is 5.79. The SMILES string of the molecule is COC1[C@@H]2CC[C@@]3(C[C@@H]2C(C)=O)[C@H]2Cc4ccc(O)c5c4[C@@]3(CCN2CC2CC2)[C@H]1O5. The number of ketones is 1. The van der Waals surface area contributed by atoms with Gasteiger partial charge < -0.3 is 14.6 Å². The van der Waals surface area contributed by atoms with E-state index < -0.39 is 0 Å². The third-order valence-electron chi connectivity index (χ3n) is 10.3. The molecule has 1 saturated heterocycles.